The molecule has 0 bridgehead atoms. The van der Waals surface area contributed by atoms with Crippen molar-refractivity contribution in [1.29, 1.82) is 0 Å². The maximum absolute atomic E-state index is 13.3. The quantitative estimate of drug-likeness (QED) is 0.462. The van der Waals surface area contributed by atoms with E-state index in [-0.39, 0.29) is 29.0 Å². The number of carbonyl (C=O) groups is 1. The van der Waals surface area contributed by atoms with Crippen molar-refractivity contribution in [2.45, 2.75) is 11.3 Å². The number of carbonyl (C=O) groups excluding carboxylic acids is 1. The Morgan fingerprint density at radius 1 is 1.06 bits per heavy atom. The smallest absolute Gasteiger partial charge is 0.258 e. The lowest BCUT2D eigenvalue weighted by Gasteiger charge is -2.35. The first-order chi connectivity index (χ1) is 14.9. The van der Waals surface area contributed by atoms with Crippen molar-refractivity contribution in [2.75, 3.05) is 17.2 Å². The molecule has 1 heterocycles. The van der Waals surface area contributed by atoms with E-state index in [0.717, 1.165) is 5.56 Å². The Morgan fingerprint density at radius 3 is 2.35 bits per heavy atom. The molecule has 156 valence electrons. The van der Waals surface area contributed by atoms with Crippen molar-refractivity contribution in [2.24, 2.45) is 5.92 Å². The average Bonchev–Trinajstić information content (AvgIpc) is 2.78. The van der Waals surface area contributed by atoms with Crippen LogP contribution in [-0.2, 0) is 16.3 Å². The highest BCUT2D eigenvalue weighted by molar-refractivity contribution is 9.10. The van der Waals surface area contributed by atoms with Crippen molar-refractivity contribution >= 4 is 43.0 Å². The average molecular weight is 495 g/mol. The predicted molar refractivity (Wildman–Crippen MR) is 124 cm³/mol. The minimum atomic E-state index is -3.51. The fourth-order valence-corrected chi connectivity index (χ4v) is 6.27. The summed E-state index contributed by atoms with van der Waals surface area (Å²) < 4.78 is 26.6. The summed E-state index contributed by atoms with van der Waals surface area (Å²) in [4.78, 5) is 18.8. The molecule has 1 aliphatic heterocycles. The molecule has 0 radical (unpaired) electrons. The highest BCUT2D eigenvalue weighted by Crippen LogP contribution is 2.40. The molecule has 1 amide bonds. The van der Waals surface area contributed by atoms with E-state index in [1.807, 2.05) is 6.07 Å². The van der Waals surface area contributed by atoms with Gasteiger partial charge in [-0.2, -0.15) is 0 Å². The molecule has 3 aromatic carbocycles. The van der Waals surface area contributed by atoms with Crippen LogP contribution in [0.4, 0.5) is 11.4 Å². The standard InChI is InChI=1S/C24H19BrN2O3S/c1-26-20-13-19-12-17(16-31(29,30)21-10-6-3-7-11-21)15-27(23(19)22(25)14-20)24(28)18-8-4-2-5-9-18/h2-11,13-14,17H,12,15-16H2. The first-order valence-corrected chi connectivity index (χ1v) is 12.2. The zero-order valence-electron chi connectivity index (χ0n) is 16.5. The van der Waals surface area contributed by atoms with Crippen molar-refractivity contribution in [3.8, 4) is 0 Å². The Bertz CT molecular complexity index is 1270. The van der Waals surface area contributed by atoms with Gasteiger partial charge in [0.2, 0.25) is 0 Å². The summed E-state index contributed by atoms with van der Waals surface area (Å²) in [5, 5.41) is 0. The van der Waals surface area contributed by atoms with E-state index in [0.29, 0.717) is 27.8 Å². The molecule has 1 unspecified atom stereocenters. The third kappa shape index (κ3) is 4.41. The largest absolute Gasteiger partial charge is 0.307 e. The van der Waals surface area contributed by atoms with Crippen LogP contribution in [0.1, 0.15) is 15.9 Å². The summed E-state index contributed by atoms with van der Waals surface area (Å²) in [6, 6.07) is 20.7. The SMILES string of the molecule is [C-]#[N+]c1cc(Br)c2c(c1)CC(CS(=O)(=O)c1ccccc1)CN2C(=O)c1ccccc1. The molecule has 1 aliphatic rings. The Morgan fingerprint density at radius 2 is 1.71 bits per heavy atom. The van der Waals surface area contributed by atoms with Crippen LogP contribution < -0.4 is 4.90 Å². The number of halogens is 1. The first kappa shape index (κ1) is 21.3. The summed E-state index contributed by atoms with van der Waals surface area (Å²) >= 11 is 3.52. The molecular formula is C24H19BrN2O3S. The molecule has 0 spiro atoms. The van der Waals surface area contributed by atoms with Crippen molar-refractivity contribution in [1.82, 2.24) is 0 Å². The van der Waals surface area contributed by atoms with Crippen LogP contribution >= 0.6 is 15.9 Å². The number of fused-ring (bicyclic) bond motifs is 1. The minimum absolute atomic E-state index is 0.0745. The van der Waals surface area contributed by atoms with E-state index >= 15 is 0 Å². The van der Waals surface area contributed by atoms with Gasteiger partial charge in [0.15, 0.2) is 15.5 Å². The summed E-state index contributed by atoms with van der Waals surface area (Å²) in [5.74, 6) is -0.562. The molecule has 0 fully saturated rings. The number of benzene rings is 3. The highest BCUT2D eigenvalue weighted by Gasteiger charge is 2.33. The Balaban J connectivity index is 1.74. The van der Waals surface area contributed by atoms with Gasteiger partial charge in [0, 0.05) is 16.6 Å². The van der Waals surface area contributed by atoms with Gasteiger partial charge in [-0.05, 0) is 64.2 Å². The molecule has 31 heavy (non-hydrogen) atoms. The van der Waals surface area contributed by atoms with Gasteiger partial charge in [-0.15, -0.1) is 0 Å². The van der Waals surface area contributed by atoms with E-state index in [1.165, 1.54) is 0 Å². The topological polar surface area (TPSA) is 58.8 Å². The fourth-order valence-electron chi connectivity index (χ4n) is 3.95. The minimum Gasteiger partial charge on any atom is -0.307 e. The molecule has 1 atom stereocenters. The van der Waals surface area contributed by atoms with Crippen LogP contribution in [0, 0.1) is 12.5 Å². The van der Waals surface area contributed by atoms with Crippen molar-refractivity contribution < 1.29 is 13.2 Å². The number of sulfone groups is 1. The van der Waals surface area contributed by atoms with Crippen LogP contribution in [0.15, 0.2) is 82.2 Å². The van der Waals surface area contributed by atoms with E-state index in [4.69, 9.17) is 6.57 Å². The zero-order valence-corrected chi connectivity index (χ0v) is 18.9. The number of amides is 1. The first-order valence-electron chi connectivity index (χ1n) is 9.73. The second kappa shape index (κ2) is 8.66. The Kier molecular flexibility index (Phi) is 5.94. The lowest BCUT2D eigenvalue weighted by atomic mass is 9.92. The number of hydrogen-bond donors (Lipinski definition) is 0. The third-order valence-corrected chi connectivity index (χ3v) is 7.80. The predicted octanol–water partition coefficient (Wildman–Crippen LogP) is 5.29. The van der Waals surface area contributed by atoms with Gasteiger partial charge in [-0.25, -0.2) is 13.3 Å². The van der Waals surface area contributed by atoms with Crippen LogP contribution in [0.2, 0.25) is 0 Å². The van der Waals surface area contributed by atoms with E-state index in [9.17, 15) is 13.2 Å². The summed E-state index contributed by atoms with van der Waals surface area (Å²) in [6.07, 6.45) is 0.474. The molecule has 0 aliphatic carbocycles. The third-order valence-electron chi connectivity index (χ3n) is 5.30. The van der Waals surface area contributed by atoms with E-state index < -0.39 is 9.84 Å². The molecule has 3 aromatic rings. The monoisotopic (exact) mass is 494 g/mol. The van der Waals surface area contributed by atoms with Crippen LogP contribution in [-0.4, -0.2) is 26.6 Å². The lowest BCUT2D eigenvalue weighted by molar-refractivity contribution is 0.0981. The molecule has 4 rings (SSSR count). The summed E-state index contributed by atoms with van der Waals surface area (Å²) in [7, 11) is -3.51. The van der Waals surface area contributed by atoms with Gasteiger partial charge in [0.25, 0.3) is 5.91 Å². The van der Waals surface area contributed by atoms with E-state index in [2.05, 4.69) is 20.8 Å². The van der Waals surface area contributed by atoms with Gasteiger partial charge in [0.1, 0.15) is 0 Å². The summed E-state index contributed by atoms with van der Waals surface area (Å²) in [5.41, 5.74) is 2.48. The number of rotatable bonds is 4. The second-order valence-corrected chi connectivity index (χ2v) is 10.4. The molecule has 0 N–H and O–H groups in total. The molecule has 0 saturated heterocycles. The Labute approximate surface area is 190 Å². The maximum Gasteiger partial charge on any atom is 0.258 e. The number of hydrogen-bond acceptors (Lipinski definition) is 3. The van der Waals surface area contributed by atoms with Gasteiger partial charge < -0.3 is 4.90 Å². The van der Waals surface area contributed by atoms with Gasteiger partial charge >= 0.3 is 0 Å². The second-order valence-electron chi connectivity index (χ2n) is 7.49. The normalized spacial score (nSPS) is 15.7. The van der Waals surface area contributed by atoms with Crippen LogP contribution in [0.25, 0.3) is 4.85 Å². The van der Waals surface area contributed by atoms with Crippen LogP contribution in [0.3, 0.4) is 0 Å². The molecule has 0 saturated carbocycles. The summed E-state index contributed by atoms with van der Waals surface area (Å²) in [6.45, 7) is 7.64. The highest BCUT2D eigenvalue weighted by atomic mass is 79.9. The van der Waals surface area contributed by atoms with Gasteiger partial charge in [-0.1, -0.05) is 42.5 Å². The Hall–Kier alpha value is -2.95. The van der Waals surface area contributed by atoms with Crippen molar-refractivity contribution in [3.05, 3.63) is 99.8 Å². The van der Waals surface area contributed by atoms with E-state index in [1.54, 1.807) is 71.6 Å². The van der Waals surface area contributed by atoms with Crippen molar-refractivity contribution in [3.63, 3.8) is 0 Å². The van der Waals surface area contributed by atoms with Gasteiger partial charge in [0.05, 0.1) is 22.9 Å². The number of nitrogens with zero attached hydrogens (tertiary/aromatic N) is 2. The zero-order chi connectivity index (χ0) is 22.0. The molecular weight excluding hydrogens is 476 g/mol. The molecule has 7 heteroatoms. The molecule has 5 nitrogen and oxygen atoms in total. The fraction of sp³-hybridized carbons (Fsp3) is 0.167. The lowest BCUT2D eigenvalue weighted by Crippen LogP contribution is -2.42. The van der Waals surface area contributed by atoms with Crippen LogP contribution in [0.5, 0.6) is 0 Å². The maximum atomic E-state index is 13.3. The van der Waals surface area contributed by atoms with Gasteiger partial charge in [-0.3, -0.25) is 4.79 Å². The number of anilines is 1. The molecule has 0 aromatic heterocycles.